The summed E-state index contributed by atoms with van der Waals surface area (Å²) in [5, 5.41) is 0. The van der Waals surface area contributed by atoms with E-state index in [9.17, 15) is 0 Å². The van der Waals surface area contributed by atoms with Gasteiger partial charge in [-0.3, -0.25) is 0 Å². The van der Waals surface area contributed by atoms with Crippen LogP contribution in [0.3, 0.4) is 0 Å². The van der Waals surface area contributed by atoms with Crippen molar-refractivity contribution in [2.45, 2.75) is 26.6 Å². The molecule has 0 aliphatic heterocycles. The number of halogens is 2. The SMILES string of the molecule is CCOC(C)(OCC)c1ccnc(N)c1.Cl.Cl. The fourth-order valence-corrected chi connectivity index (χ4v) is 1.49. The minimum absolute atomic E-state index is 0. The Morgan fingerprint density at radius 3 is 2.18 bits per heavy atom. The van der Waals surface area contributed by atoms with Crippen LogP contribution in [0.25, 0.3) is 0 Å². The summed E-state index contributed by atoms with van der Waals surface area (Å²) < 4.78 is 11.2. The number of aromatic nitrogens is 1. The van der Waals surface area contributed by atoms with E-state index < -0.39 is 5.79 Å². The van der Waals surface area contributed by atoms with Crippen LogP contribution in [0, 0.1) is 0 Å². The second-order valence-corrected chi connectivity index (χ2v) is 3.28. The van der Waals surface area contributed by atoms with Gasteiger partial charge in [0.25, 0.3) is 0 Å². The van der Waals surface area contributed by atoms with Crippen LogP contribution in [-0.2, 0) is 15.3 Å². The Hall–Kier alpha value is -0.550. The zero-order valence-electron chi connectivity index (χ0n) is 10.3. The number of rotatable bonds is 5. The van der Waals surface area contributed by atoms with E-state index in [-0.39, 0.29) is 24.8 Å². The third-order valence-corrected chi connectivity index (χ3v) is 2.15. The van der Waals surface area contributed by atoms with Gasteiger partial charge in [-0.05, 0) is 32.9 Å². The molecule has 0 amide bonds. The summed E-state index contributed by atoms with van der Waals surface area (Å²) in [6, 6.07) is 3.62. The molecule has 1 heterocycles. The van der Waals surface area contributed by atoms with E-state index in [0.717, 1.165) is 5.56 Å². The van der Waals surface area contributed by atoms with Crippen molar-refractivity contribution in [1.29, 1.82) is 0 Å². The van der Waals surface area contributed by atoms with E-state index in [2.05, 4.69) is 4.98 Å². The lowest BCUT2D eigenvalue weighted by atomic mass is 10.1. The third kappa shape index (κ3) is 5.08. The highest BCUT2D eigenvalue weighted by atomic mass is 35.5. The van der Waals surface area contributed by atoms with E-state index in [1.165, 1.54) is 0 Å². The van der Waals surface area contributed by atoms with Crippen molar-refractivity contribution in [3.63, 3.8) is 0 Å². The predicted octanol–water partition coefficient (Wildman–Crippen LogP) is 2.75. The first-order valence-corrected chi connectivity index (χ1v) is 5.12. The summed E-state index contributed by atoms with van der Waals surface area (Å²) in [5.41, 5.74) is 6.51. The number of hydrogen-bond acceptors (Lipinski definition) is 4. The minimum atomic E-state index is -0.736. The number of pyridine rings is 1. The maximum Gasteiger partial charge on any atom is 0.192 e. The van der Waals surface area contributed by atoms with E-state index in [1.807, 2.05) is 26.8 Å². The Morgan fingerprint density at radius 2 is 1.76 bits per heavy atom. The molecule has 2 N–H and O–H groups in total. The van der Waals surface area contributed by atoms with Crippen LogP contribution < -0.4 is 5.73 Å². The fourth-order valence-electron chi connectivity index (χ4n) is 1.49. The van der Waals surface area contributed by atoms with Gasteiger partial charge in [0.1, 0.15) is 5.82 Å². The molecule has 1 aromatic rings. The molecule has 100 valence electrons. The van der Waals surface area contributed by atoms with Crippen LogP contribution in [0.1, 0.15) is 26.3 Å². The lowest BCUT2D eigenvalue weighted by Crippen LogP contribution is -2.29. The second-order valence-electron chi connectivity index (χ2n) is 3.28. The van der Waals surface area contributed by atoms with Crippen molar-refractivity contribution in [1.82, 2.24) is 4.98 Å². The molecule has 0 fully saturated rings. The molecule has 0 aliphatic rings. The average molecular weight is 283 g/mol. The zero-order valence-corrected chi connectivity index (χ0v) is 11.9. The largest absolute Gasteiger partial charge is 0.384 e. The van der Waals surface area contributed by atoms with Gasteiger partial charge in [0.2, 0.25) is 0 Å². The molecule has 0 spiro atoms. The molecular weight excluding hydrogens is 263 g/mol. The van der Waals surface area contributed by atoms with Crippen molar-refractivity contribution < 1.29 is 9.47 Å². The summed E-state index contributed by atoms with van der Waals surface area (Å²) >= 11 is 0. The number of hydrogen-bond donors (Lipinski definition) is 1. The van der Waals surface area contributed by atoms with Gasteiger partial charge in [-0.1, -0.05) is 0 Å². The molecule has 6 heteroatoms. The van der Waals surface area contributed by atoms with Gasteiger partial charge in [0, 0.05) is 25.0 Å². The summed E-state index contributed by atoms with van der Waals surface area (Å²) in [6.45, 7) is 6.91. The van der Waals surface area contributed by atoms with Crippen molar-refractivity contribution in [3.05, 3.63) is 23.9 Å². The Bertz CT molecular complexity index is 318. The topological polar surface area (TPSA) is 57.4 Å². The average Bonchev–Trinajstić information content (AvgIpc) is 2.18. The molecule has 0 atom stereocenters. The van der Waals surface area contributed by atoms with E-state index in [0.29, 0.717) is 19.0 Å². The second kappa shape index (κ2) is 8.53. The Morgan fingerprint density at radius 1 is 1.24 bits per heavy atom. The molecule has 0 saturated carbocycles. The molecule has 1 rings (SSSR count). The van der Waals surface area contributed by atoms with Gasteiger partial charge >= 0.3 is 0 Å². The standard InChI is InChI=1S/C11H18N2O2.2ClH/c1-4-14-11(3,15-5-2)9-6-7-13-10(12)8-9;;/h6-8H,4-5H2,1-3H3,(H2,12,13);2*1H. The molecule has 0 saturated heterocycles. The number of nitrogens with two attached hydrogens (primary N) is 1. The maximum atomic E-state index is 5.63. The highest BCUT2D eigenvalue weighted by molar-refractivity contribution is 5.85. The first-order valence-electron chi connectivity index (χ1n) is 5.12. The first kappa shape index (κ1) is 18.8. The number of nitrogen functional groups attached to an aromatic ring is 1. The van der Waals surface area contributed by atoms with Gasteiger partial charge in [0.15, 0.2) is 5.79 Å². The molecule has 0 aromatic carbocycles. The molecule has 4 nitrogen and oxygen atoms in total. The number of anilines is 1. The van der Waals surface area contributed by atoms with Crippen molar-refractivity contribution in [2.24, 2.45) is 0 Å². The van der Waals surface area contributed by atoms with Gasteiger partial charge in [-0.25, -0.2) is 4.98 Å². The van der Waals surface area contributed by atoms with Crippen LogP contribution in [0.5, 0.6) is 0 Å². The van der Waals surface area contributed by atoms with Crippen molar-refractivity contribution >= 4 is 30.6 Å². The lowest BCUT2D eigenvalue weighted by Gasteiger charge is -2.29. The molecule has 0 unspecified atom stereocenters. The third-order valence-electron chi connectivity index (χ3n) is 2.15. The highest BCUT2D eigenvalue weighted by Crippen LogP contribution is 2.27. The number of ether oxygens (including phenoxy) is 2. The van der Waals surface area contributed by atoms with Gasteiger partial charge < -0.3 is 15.2 Å². The summed E-state index contributed by atoms with van der Waals surface area (Å²) in [6.07, 6.45) is 1.65. The first-order chi connectivity index (χ1) is 7.12. The Balaban J connectivity index is 0. The molecule has 0 aliphatic carbocycles. The van der Waals surface area contributed by atoms with Crippen molar-refractivity contribution in [3.8, 4) is 0 Å². The van der Waals surface area contributed by atoms with E-state index in [1.54, 1.807) is 12.3 Å². The minimum Gasteiger partial charge on any atom is -0.384 e. The Labute approximate surface area is 115 Å². The molecule has 17 heavy (non-hydrogen) atoms. The van der Waals surface area contributed by atoms with E-state index >= 15 is 0 Å². The predicted molar refractivity (Wildman–Crippen MR) is 73.7 cm³/mol. The van der Waals surface area contributed by atoms with Gasteiger partial charge in [-0.15, -0.1) is 24.8 Å². The van der Waals surface area contributed by atoms with Gasteiger partial charge in [0.05, 0.1) is 0 Å². The smallest absolute Gasteiger partial charge is 0.192 e. The summed E-state index contributed by atoms with van der Waals surface area (Å²) in [5.74, 6) is -0.265. The fraction of sp³-hybridized carbons (Fsp3) is 0.545. The zero-order chi connectivity index (χ0) is 11.3. The van der Waals surface area contributed by atoms with Crippen molar-refractivity contribution in [2.75, 3.05) is 18.9 Å². The van der Waals surface area contributed by atoms with Crippen LogP contribution in [0.15, 0.2) is 18.3 Å². The number of nitrogens with zero attached hydrogens (tertiary/aromatic N) is 1. The summed E-state index contributed by atoms with van der Waals surface area (Å²) in [7, 11) is 0. The van der Waals surface area contributed by atoms with Crippen LogP contribution in [0.4, 0.5) is 5.82 Å². The normalized spacial score (nSPS) is 10.3. The van der Waals surface area contributed by atoms with Gasteiger partial charge in [-0.2, -0.15) is 0 Å². The quantitative estimate of drug-likeness (QED) is 0.844. The molecule has 0 bridgehead atoms. The van der Waals surface area contributed by atoms with E-state index in [4.69, 9.17) is 15.2 Å². The molecule has 0 radical (unpaired) electrons. The maximum absolute atomic E-state index is 5.63. The lowest BCUT2D eigenvalue weighted by molar-refractivity contribution is -0.229. The highest BCUT2D eigenvalue weighted by Gasteiger charge is 2.27. The molecular formula is C11H20Cl2N2O2. The molecule has 1 aromatic heterocycles. The van der Waals surface area contributed by atoms with Crippen LogP contribution >= 0.6 is 24.8 Å². The summed E-state index contributed by atoms with van der Waals surface area (Å²) in [4.78, 5) is 3.94. The van der Waals surface area contributed by atoms with Crippen LogP contribution in [0.2, 0.25) is 0 Å². The van der Waals surface area contributed by atoms with Crippen LogP contribution in [-0.4, -0.2) is 18.2 Å². The Kier molecular flexibility index (Phi) is 9.43. The monoisotopic (exact) mass is 282 g/mol.